The van der Waals surface area contributed by atoms with Crippen molar-refractivity contribution in [1.29, 1.82) is 0 Å². The highest BCUT2D eigenvalue weighted by atomic mass is 16.6. The number of hydrogen-bond acceptors (Lipinski definition) is 4. The van der Waals surface area contributed by atoms with Crippen molar-refractivity contribution in [1.82, 2.24) is 0 Å². The highest BCUT2D eigenvalue weighted by Crippen LogP contribution is 2.34. The zero-order valence-electron chi connectivity index (χ0n) is 10.3. The van der Waals surface area contributed by atoms with E-state index in [0.717, 1.165) is 5.56 Å². The average molecular weight is 267 g/mol. The fourth-order valence-electron chi connectivity index (χ4n) is 1.99. The van der Waals surface area contributed by atoms with Gasteiger partial charge < -0.3 is 4.74 Å². The zero-order valence-corrected chi connectivity index (χ0v) is 10.3. The molecule has 2 aromatic carbocycles. The summed E-state index contributed by atoms with van der Waals surface area (Å²) < 4.78 is 5.42. The minimum Gasteiger partial charge on any atom is -0.452 e. The van der Waals surface area contributed by atoms with E-state index in [0.29, 0.717) is 5.56 Å². The number of fused-ring (bicyclic) bond motifs is 1. The Labute approximate surface area is 114 Å². The molecule has 0 bridgehead atoms. The number of nitro benzene ring substituents is 1. The molecule has 0 aromatic heterocycles. The van der Waals surface area contributed by atoms with Crippen molar-refractivity contribution in [3.05, 3.63) is 75.5 Å². The smallest absolute Gasteiger partial charge is 0.273 e. The molecule has 0 atom stereocenters. The van der Waals surface area contributed by atoms with E-state index in [1.807, 2.05) is 30.3 Å². The molecule has 2 aromatic rings. The lowest BCUT2D eigenvalue weighted by molar-refractivity contribution is -0.384. The van der Waals surface area contributed by atoms with Crippen molar-refractivity contribution in [3.8, 4) is 5.75 Å². The topological polar surface area (TPSA) is 69.4 Å². The standard InChI is InChI=1S/C15H9NO4/c17-15-12-7-6-11(16(18)19)9-13(12)20-14(15)8-10-4-2-1-3-5-10/h1-9H/b14-8-. The third-order valence-electron chi connectivity index (χ3n) is 2.96. The number of nitro groups is 1. The summed E-state index contributed by atoms with van der Waals surface area (Å²) >= 11 is 0. The van der Waals surface area contributed by atoms with Crippen molar-refractivity contribution >= 4 is 17.5 Å². The number of ketones is 1. The number of ether oxygens (including phenoxy) is 1. The van der Waals surface area contributed by atoms with Crippen LogP contribution >= 0.6 is 0 Å². The number of Topliss-reactive ketones (excluding diaryl/α,β-unsaturated/α-hetero) is 1. The van der Waals surface area contributed by atoms with E-state index in [-0.39, 0.29) is 23.0 Å². The van der Waals surface area contributed by atoms with E-state index in [1.54, 1.807) is 6.08 Å². The van der Waals surface area contributed by atoms with Gasteiger partial charge in [0, 0.05) is 6.07 Å². The quantitative estimate of drug-likeness (QED) is 0.476. The number of non-ortho nitro benzene ring substituents is 1. The summed E-state index contributed by atoms with van der Waals surface area (Å²) in [7, 11) is 0. The monoisotopic (exact) mass is 267 g/mol. The third-order valence-corrected chi connectivity index (χ3v) is 2.96. The molecule has 1 heterocycles. The molecule has 3 rings (SSSR count). The van der Waals surface area contributed by atoms with Crippen LogP contribution in [0.3, 0.4) is 0 Å². The Morgan fingerprint density at radius 3 is 2.55 bits per heavy atom. The Morgan fingerprint density at radius 2 is 1.85 bits per heavy atom. The van der Waals surface area contributed by atoms with Gasteiger partial charge in [-0.3, -0.25) is 14.9 Å². The van der Waals surface area contributed by atoms with Crippen LogP contribution in [-0.2, 0) is 0 Å². The van der Waals surface area contributed by atoms with Gasteiger partial charge in [-0.2, -0.15) is 0 Å². The van der Waals surface area contributed by atoms with Crippen LogP contribution in [0.15, 0.2) is 54.3 Å². The molecule has 1 aliphatic rings. The lowest BCUT2D eigenvalue weighted by Crippen LogP contribution is -1.97. The van der Waals surface area contributed by atoms with Gasteiger partial charge in [0.15, 0.2) is 5.76 Å². The first-order valence-corrected chi connectivity index (χ1v) is 5.93. The van der Waals surface area contributed by atoms with Crippen molar-refractivity contribution in [2.24, 2.45) is 0 Å². The number of nitrogens with zero attached hydrogens (tertiary/aromatic N) is 1. The van der Waals surface area contributed by atoms with Crippen molar-refractivity contribution in [3.63, 3.8) is 0 Å². The van der Waals surface area contributed by atoms with E-state index in [2.05, 4.69) is 0 Å². The highest BCUT2D eigenvalue weighted by molar-refractivity contribution is 6.14. The number of carbonyl (C=O) groups is 1. The summed E-state index contributed by atoms with van der Waals surface area (Å²) in [6.45, 7) is 0. The Kier molecular flexibility index (Phi) is 2.80. The summed E-state index contributed by atoms with van der Waals surface area (Å²) in [5.41, 5.74) is 1.08. The third kappa shape index (κ3) is 2.05. The molecule has 20 heavy (non-hydrogen) atoms. The molecule has 5 heteroatoms. The van der Waals surface area contributed by atoms with Gasteiger partial charge in [0.1, 0.15) is 5.75 Å². The van der Waals surface area contributed by atoms with Gasteiger partial charge in [0.05, 0.1) is 16.6 Å². The first kappa shape index (κ1) is 12.1. The lowest BCUT2D eigenvalue weighted by Gasteiger charge is -1.98. The predicted octanol–water partition coefficient (Wildman–Crippen LogP) is 3.21. The molecule has 5 nitrogen and oxygen atoms in total. The van der Waals surface area contributed by atoms with Gasteiger partial charge in [-0.05, 0) is 17.7 Å². The summed E-state index contributed by atoms with van der Waals surface area (Å²) in [6.07, 6.45) is 1.62. The van der Waals surface area contributed by atoms with Crippen molar-refractivity contribution in [2.45, 2.75) is 0 Å². The van der Waals surface area contributed by atoms with Crippen LogP contribution in [0.5, 0.6) is 5.75 Å². The molecule has 0 amide bonds. The second-order valence-electron chi connectivity index (χ2n) is 4.29. The van der Waals surface area contributed by atoms with Crippen LogP contribution in [-0.4, -0.2) is 10.7 Å². The van der Waals surface area contributed by atoms with Gasteiger partial charge in [-0.1, -0.05) is 30.3 Å². The van der Waals surface area contributed by atoms with E-state index in [9.17, 15) is 14.9 Å². The molecule has 1 aliphatic heterocycles. The molecular formula is C15H9NO4. The number of benzene rings is 2. The Balaban J connectivity index is 1.98. The Bertz CT molecular complexity index is 735. The molecule has 0 aliphatic carbocycles. The molecule has 0 spiro atoms. The van der Waals surface area contributed by atoms with Crippen LogP contribution in [0.2, 0.25) is 0 Å². The van der Waals surface area contributed by atoms with Gasteiger partial charge in [0.2, 0.25) is 5.78 Å². The first-order valence-electron chi connectivity index (χ1n) is 5.93. The maximum Gasteiger partial charge on any atom is 0.273 e. The molecule has 98 valence electrons. The van der Waals surface area contributed by atoms with E-state index >= 15 is 0 Å². The highest BCUT2D eigenvalue weighted by Gasteiger charge is 2.28. The molecule has 0 unspecified atom stereocenters. The van der Waals surface area contributed by atoms with Crippen LogP contribution in [0.4, 0.5) is 5.69 Å². The molecule has 0 N–H and O–H groups in total. The predicted molar refractivity (Wildman–Crippen MR) is 72.5 cm³/mol. The van der Waals surface area contributed by atoms with E-state index in [1.165, 1.54) is 18.2 Å². The lowest BCUT2D eigenvalue weighted by atomic mass is 10.1. The number of carbonyl (C=O) groups excluding carboxylic acids is 1. The SMILES string of the molecule is O=C1/C(=C/c2ccccc2)Oc2cc([N+](=O)[O-])ccc21. The molecule has 0 radical (unpaired) electrons. The number of rotatable bonds is 2. The first-order chi connectivity index (χ1) is 9.65. The number of hydrogen-bond donors (Lipinski definition) is 0. The second kappa shape index (κ2) is 4.62. The second-order valence-corrected chi connectivity index (χ2v) is 4.29. The fourth-order valence-corrected chi connectivity index (χ4v) is 1.99. The zero-order chi connectivity index (χ0) is 14.1. The van der Waals surface area contributed by atoms with Crippen molar-refractivity contribution < 1.29 is 14.5 Å². The van der Waals surface area contributed by atoms with E-state index < -0.39 is 4.92 Å². The maximum atomic E-state index is 12.1. The molecule has 0 saturated carbocycles. The summed E-state index contributed by atoms with van der Waals surface area (Å²) in [4.78, 5) is 22.3. The number of allylic oxidation sites excluding steroid dienone is 1. The minimum absolute atomic E-state index is 0.0995. The van der Waals surface area contributed by atoms with Gasteiger partial charge in [-0.15, -0.1) is 0 Å². The van der Waals surface area contributed by atoms with Crippen molar-refractivity contribution in [2.75, 3.05) is 0 Å². The van der Waals surface area contributed by atoms with E-state index in [4.69, 9.17) is 4.74 Å². The molecule has 0 saturated heterocycles. The van der Waals surface area contributed by atoms with Gasteiger partial charge >= 0.3 is 0 Å². The van der Waals surface area contributed by atoms with Crippen LogP contribution < -0.4 is 4.74 Å². The Hall–Kier alpha value is -2.95. The summed E-state index contributed by atoms with van der Waals surface area (Å²) in [5.74, 6) is 0.136. The minimum atomic E-state index is -0.521. The van der Waals surface area contributed by atoms with Crippen LogP contribution in [0, 0.1) is 10.1 Å². The maximum absolute atomic E-state index is 12.1. The molecule has 0 fully saturated rings. The van der Waals surface area contributed by atoms with Crippen LogP contribution in [0.1, 0.15) is 15.9 Å². The summed E-state index contributed by atoms with van der Waals surface area (Å²) in [6, 6.07) is 13.2. The normalized spacial score (nSPS) is 15.0. The largest absolute Gasteiger partial charge is 0.452 e. The summed E-state index contributed by atoms with van der Waals surface area (Å²) in [5, 5.41) is 10.7. The van der Waals surface area contributed by atoms with Crippen LogP contribution in [0.25, 0.3) is 6.08 Å². The fraction of sp³-hybridized carbons (Fsp3) is 0. The average Bonchev–Trinajstić information content (AvgIpc) is 2.76. The Morgan fingerprint density at radius 1 is 1.10 bits per heavy atom. The molecular weight excluding hydrogens is 258 g/mol. The van der Waals surface area contributed by atoms with Gasteiger partial charge in [0.25, 0.3) is 5.69 Å². The van der Waals surface area contributed by atoms with Gasteiger partial charge in [-0.25, -0.2) is 0 Å².